The molecule has 0 radical (unpaired) electrons. The van der Waals surface area contributed by atoms with Crippen molar-refractivity contribution in [3.05, 3.63) is 36.0 Å². The molecule has 122 valence electrons. The van der Waals surface area contributed by atoms with Crippen LogP contribution in [0.5, 0.6) is 0 Å². The SMILES string of the molecule is COC(=O)[C@@H]1CCCN1C(=O)[C@@H](N)Cc1c[nH]c2ccccc12. The topological polar surface area (TPSA) is 88.4 Å². The molecule has 3 rings (SSSR count). The van der Waals surface area contributed by atoms with Crippen LogP contribution in [0.4, 0.5) is 0 Å². The van der Waals surface area contributed by atoms with Gasteiger partial charge in [-0.15, -0.1) is 0 Å². The van der Waals surface area contributed by atoms with E-state index in [0.29, 0.717) is 19.4 Å². The van der Waals surface area contributed by atoms with Crippen molar-refractivity contribution < 1.29 is 14.3 Å². The third kappa shape index (κ3) is 2.94. The standard InChI is InChI=1S/C17H21N3O3/c1-23-17(22)15-7-4-8-20(15)16(21)13(18)9-11-10-19-14-6-3-2-5-12(11)14/h2-3,5-6,10,13,15,19H,4,7-9,18H2,1H3/t13-,15-/m0/s1. The molecule has 0 aliphatic carbocycles. The van der Waals surface area contributed by atoms with Gasteiger partial charge in [0.2, 0.25) is 5.91 Å². The van der Waals surface area contributed by atoms with Crippen LogP contribution >= 0.6 is 0 Å². The average Bonchev–Trinajstić information content (AvgIpc) is 3.21. The number of ether oxygens (including phenoxy) is 1. The molecule has 0 spiro atoms. The Morgan fingerprint density at radius 1 is 1.43 bits per heavy atom. The predicted molar refractivity (Wildman–Crippen MR) is 86.7 cm³/mol. The number of hydrogen-bond donors (Lipinski definition) is 2. The zero-order valence-corrected chi connectivity index (χ0v) is 13.1. The molecule has 1 aliphatic rings. The Labute approximate surface area is 134 Å². The molecule has 1 aromatic carbocycles. The van der Waals surface area contributed by atoms with Crippen LogP contribution < -0.4 is 5.73 Å². The van der Waals surface area contributed by atoms with Gasteiger partial charge >= 0.3 is 5.97 Å². The number of amides is 1. The summed E-state index contributed by atoms with van der Waals surface area (Å²) in [7, 11) is 1.34. The fourth-order valence-electron chi connectivity index (χ4n) is 3.25. The first-order chi connectivity index (χ1) is 11.1. The molecule has 1 amide bonds. The van der Waals surface area contributed by atoms with Crippen molar-refractivity contribution in [3.8, 4) is 0 Å². The molecule has 6 nitrogen and oxygen atoms in total. The van der Waals surface area contributed by atoms with Crippen molar-refractivity contribution >= 4 is 22.8 Å². The molecule has 1 aliphatic heterocycles. The van der Waals surface area contributed by atoms with E-state index in [9.17, 15) is 9.59 Å². The van der Waals surface area contributed by atoms with Gasteiger partial charge in [-0.25, -0.2) is 4.79 Å². The van der Waals surface area contributed by atoms with Gasteiger partial charge in [-0.3, -0.25) is 4.79 Å². The molecule has 1 aromatic heterocycles. The third-order valence-electron chi connectivity index (χ3n) is 4.44. The normalized spacial score (nSPS) is 19.0. The van der Waals surface area contributed by atoms with Crippen LogP contribution in [-0.4, -0.2) is 47.5 Å². The van der Waals surface area contributed by atoms with Gasteiger partial charge < -0.3 is 20.4 Å². The minimum absolute atomic E-state index is 0.191. The number of H-pyrrole nitrogens is 1. The molecule has 6 heteroatoms. The lowest BCUT2D eigenvalue weighted by Gasteiger charge is -2.25. The Morgan fingerprint density at radius 2 is 2.22 bits per heavy atom. The number of fused-ring (bicyclic) bond motifs is 1. The zero-order valence-electron chi connectivity index (χ0n) is 13.1. The number of nitrogens with one attached hydrogen (secondary N) is 1. The van der Waals surface area contributed by atoms with Crippen LogP contribution in [0.2, 0.25) is 0 Å². The number of esters is 1. The number of hydrogen-bond acceptors (Lipinski definition) is 4. The number of nitrogens with two attached hydrogens (primary N) is 1. The van der Waals surface area contributed by atoms with E-state index in [0.717, 1.165) is 22.9 Å². The molecule has 2 aromatic rings. The second kappa shape index (κ2) is 6.42. The Kier molecular flexibility index (Phi) is 4.34. The lowest BCUT2D eigenvalue weighted by molar-refractivity contribution is -0.151. The van der Waals surface area contributed by atoms with E-state index in [4.69, 9.17) is 10.5 Å². The molecule has 0 unspecified atom stereocenters. The van der Waals surface area contributed by atoms with E-state index in [1.165, 1.54) is 7.11 Å². The smallest absolute Gasteiger partial charge is 0.328 e. The molecule has 23 heavy (non-hydrogen) atoms. The Hall–Kier alpha value is -2.34. The minimum Gasteiger partial charge on any atom is -0.467 e. The number of rotatable bonds is 4. The number of aromatic nitrogens is 1. The van der Waals surface area contributed by atoms with E-state index in [1.807, 2.05) is 30.5 Å². The summed E-state index contributed by atoms with van der Waals surface area (Å²) in [6, 6.07) is 6.74. The van der Waals surface area contributed by atoms with E-state index in [2.05, 4.69) is 4.98 Å². The van der Waals surface area contributed by atoms with Gasteiger partial charge in [0.05, 0.1) is 13.2 Å². The summed E-state index contributed by atoms with van der Waals surface area (Å²) in [6.45, 7) is 0.556. The number of aromatic amines is 1. The molecule has 3 N–H and O–H groups in total. The summed E-state index contributed by atoms with van der Waals surface area (Å²) >= 11 is 0. The highest BCUT2D eigenvalue weighted by molar-refractivity contribution is 5.89. The fraction of sp³-hybridized carbons (Fsp3) is 0.412. The summed E-state index contributed by atoms with van der Waals surface area (Å²) < 4.78 is 4.78. The van der Waals surface area contributed by atoms with E-state index in [1.54, 1.807) is 4.90 Å². The molecular formula is C17H21N3O3. The number of methoxy groups -OCH3 is 1. The van der Waals surface area contributed by atoms with Crippen molar-refractivity contribution in [1.29, 1.82) is 0 Å². The number of para-hydroxylation sites is 1. The highest BCUT2D eigenvalue weighted by atomic mass is 16.5. The van der Waals surface area contributed by atoms with Gasteiger partial charge in [0.15, 0.2) is 0 Å². The molecule has 2 atom stereocenters. The largest absolute Gasteiger partial charge is 0.467 e. The molecule has 1 fully saturated rings. The van der Waals surface area contributed by atoms with Crippen molar-refractivity contribution in [2.45, 2.75) is 31.3 Å². The zero-order chi connectivity index (χ0) is 16.4. The number of nitrogens with zero attached hydrogens (tertiary/aromatic N) is 1. The Balaban J connectivity index is 1.73. The van der Waals surface area contributed by atoms with Crippen molar-refractivity contribution in [2.75, 3.05) is 13.7 Å². The summed E-state index contributed by atoms with van der Waals surface area (Å²) in [4.78, 5) is 29.1. The summed E-state index contributed by atoms with van der Waals surface area (Å²) in [5.41, 5.74) is 8.16. The number of benzene rings is 1. The first kappa shape index (κ1) is 15.6. The maximum Gasteiger partial charge on any atom is 0.328 e. The molecule has 1 saturated heterocycles. The van der Waals surface area contributed by atoms with Crippen LogP contribution in [0.1, 0.15) is 18.4 Å². The summed E-state index contributed by atoms with van der Waals surface area (Å²) in [5.74, 6) is -0.557. The van der Waals surface area contributed by atoms with Gasteiger partial charge in [0, 0.05) is 23.6 Å². The number of carbonyl (C=O) groups excluding carboxylic acids is 2. The Morgan fingerprint density at radius 3 is 3.00 bits per heavy atom. The molecule has 0 saturated carbocycles. The first-order valence-corrected chi connectivity index (χ1v) is 7.80. The van der Waals surface area contributed by atoms with E-state index in [-0.39, 0.29) is 11.9 Å². The van der Waals surface area contributed by atoms with Gasteiger partial charge in [0.1, 0.15) is 6.04 Å². The molecule has 2 heterocycles. The minimum atomic E-state index is -0.667. The number of likely N-dealkylation sites (tertiary alicyclic amines) is 1. The molecule has 0 bridgehead atoms. The van der Waals surface area contributed by atoms with Gasteiger partial charge in [-0.2, -0.15) is 0 Å². The predicted octanol–water partition coefficient (Wildman–Crippen LogP) is 1.20. The van der Waals surface area contributed by atoms with Crippen molar-refractivity contribution in [3.63, 3.8) is 0 Å². The quantitative estimate of drug-likeness (QED) is 0.830. The van der Waals surface area contributed by atoms with Crippen LogP contribution in [-0.2, 0) is 20.7 Å². The number of carbonyl (C=O) groups is 2. The summed E-state index contributed by atoms with van der Waals surface area (Å²) in [6.07, 6.45) is 3.76. The maximum absolute atomic E-state index is 12.6. The summed E-state index contributed by atoms with van der Waals surface area (Å²) in [5, 5.41) is 1.07. The van der Waals surface area contributed by atoms with Crippen LogP contribution in [0.15, 0.2) is 30.5 Å². The maximum atomic E-state index is 12.6. The molecular weight excluding hydrogens is 294 g/mol. The van der Waals surface area contributed by atoms with Crippen LogP contribution in [0, 0.1) is 0 Å². The highest BCUT2D eigenvalue weighted by Crippen LogP contribution is 2.22. The fourth-order valence-corrected chi connectivity index (χ4v) is 3.25. The monoisotopic (exact) mass is 315 g/mol. The Bertz CT molecular complexity index is 725. The second-order valence-electron chi connectivity index (χ2n) is 5.88. The van der Waals surface area contributed by atoms with Crippen molar-refractivity contribution in [2.24, 2.45) is 5.73 Å². The van der Waals surface area contributed by atoms with Crippen molar-refractivity contribution in [1.82, 2.24) is 9.88 Å². The van der Waals surface area contributed by atoms with Crippen LogP contribution in [0.3, 0.4) is 0 Å². The van der Waals surface area contributed by atoms with Gasteiger partial charge in [-0.1, -0.05) is 18.2 Å². The lowest BCUT2D eigenvalue weighted by atomic mass is 10.0. The van der Waals surface area contributed by atoms with E-state index >= 15 is 0 Å². The van der Waals surface area contributed by atoms with Gasteiger partial charge in [0.25, 0.3) is 0 Å². The third-order valence-corrected chi connectivity index (χ3v) is 4.44. The van der Waals surface area contributed by atoms with Gasteiger partial charge in [-0.05, 0) is 30.9 Å². The highest BCUT2D eigenvalue weighted by Gasteiger charge is 2.36. The lowest BCUT2D eigenvalue weighted by Crippen LogP contribution is -2.49. The average molecular weight is 315 g/mol. The first-order valence-electron chi connectivity index (χ1n) is 7.80. The van der Waals surface area contributed by atoms with Crippen LogP contribution in [0.25, 0.3) is 10.9 Å². The second-order valence-corrected chi connectivity index (χ2v) is 5.88. The van der Waals surface area contributed by atoms with E-state index < -0.39 is 12.1 Å².